The number of hydrogen-bond donors (Lipinski definition) is 1. The van der Waals surface area contributed by atoms with Crippen LogP contribution in [-0.2, 0) is 25.7 Å². The first kappa shape index (κ1) is 36.8. The Bertz CT molecular complexity index is 1860. The van der Waals surface area contributed by atoms with Gasteiger partial charge >= 0.3 is 5.97 Å². The van der Waals surface area contributed by atoms with E-state index in [1.165, 1.54) is 0 Å². The number of benzodiazepines with no additional fused rings is 1. The lowest BCUT2D eigenvalue weighted by atomic mass is 9.82. The molecule has 4 aromatic carbocycles. The molecule has 1 heterocycles. The second kappa shape index (κ2) is 16.5. The zero-order valence-electron chi connectivity index (χ0n) is 30.0. The van der Waals surface area contributed by atoms with Crippen molar-refractivity contribution in [3.05, 3.63) is 139 Å². The van der Waals surface area contributed by atoms with Crippen molar-refractivity contribution in [3.63, 3.8) is 0 Å². The Kier molecular flexibility index (Phi) is 11.9. The van der Waals surface area contributed by atoms with Crippen LogP contribution in [-0.4, -0.2) is 35.3 Å². The van der Waals surface area contributed by atoms with Crippen molar-refractivity contribution in [2.24, 2.45) is 22.7 Å². The molecule has 0 bridgehead atoms. The molecule has 264 valence electrons. The van der Waals surface area contributed by atoms with Crippen LogP contribution in [0.25, 0.3) is 0 Å². The monoisotopic (exact) mass is 685 g/mol. The van der Waals surface area contributed by atoms with E-state index in [0.717, 1.165) is 16.7 Å². The second-order valence-electron chi connectivity index (χ2n) is 14.2. The van der Waals surface area contributed by atoms with Crippen molar-refractivity contribution in [1.82, 2.24) is 5.32 Å². The molecule has 0 saturated heterocycles. The van der Waals surface area contributed by atoms with Gasteiger partial charge in [-0.05, 0) is 75.4 Å². The normalized spacial score (nSPS) is 15.6. The van der Waals surface area contributed by atoms with Gasteiger partial charge < -0.3 is 19.7 Å². The summed E-state index contributed by atoms with van der Waals surface area (Å²) in [6.45, 7) is 13.4. The third-order valence-electron chi connectivity index (χ3n) is 8.43. The number of hydrogen-bond acceptors (Lipinski definition) is 6. The number of ether oxygens (including phenoxy) is 2. The van der Waals surface area contributed by atoms with Crippen LogP contribution in [0.4, 0.5) is 5.69 Å². The smallest absolute Gasteiger partial charge is 0.310 e. The van der Waals surface area contributed by atoms with E-state index < -0.39 is 41.4 Å². The SMILES string of the molecule is C=CC[C@H](C(=O)OC(C)(C)C)[C@@H](CC(C)C)C(=O)NC1N=C(c2ccccc2)c2ccccc2N(Cc2cccc(Oc3ccccc3)c2)C1=O. The second-order valence-corrected chi connectivity index (χ2v) is 14.2. The van der Waals surface area contributed by atoms with Crippen LogP contribution in [0, 0.1) is 17.8 Å². The summed E-state index contributed by atoms with van der Waals surface area (Å²) >= 11 is 0. The van der Waals surface area contributed by atoms with Crippen molar-refractivity contribution in [3.8, 4) is 11.5 Å². The summed E-state index contributed by atoms with van der Waals surface area (Å²) in [4.78, 5) is 49.3. The topological polar surface area (TPSA) is 97.3 Å². The molecule has 0 aliphatic carbocycles. The highest BCUT2D eigenvalue weighted by atomic mass is 16.6. The van der Waals surface area contributed by atoms with Crippen molar-refractivity contribution in [2.75, 3.05) is 4.90 Å². The van der Waals surface area contributed by atoms with Gasteiger partial charge in [-0.1, -0.05) is 98.8 Å². The summed E-state index contributed by atoms with van der Waals surface area (Å²) < 4.78 is 11.9. The van der Waals surface area contributed by atoms with Gasteiger partial charge in [0.05, 0.1) is 29.8 Å². The van der Waals surface area contributed by atoms with E-state index in [4.69, 9.17) is 14.5 Å². The molecule has 8 nitrogen and oxygen atoms in total. The minimum atomic E-state index is -1.28. The largest absolute Gasteiger partial charge is 0.460 e. The number of esters is 1. The third kappa shape index (κ3) is 9.60. The number of nitrogens with zero attached hydrogens (tertiary/aromatic N) is 2. The van der Waals surface area contributed by atoms with E-state index in [2.05, 4.69) is 11.9 Å². The molecule has 0 aromatic heterocycles. The van der Waals surface area contributed by atoms with Gasteiger partial charge in [-0.3, -0.25) is 14.4 Å². The minimum absolute atomic E-state index is 0.0786. The number of anilines is 1. The quantitative estimate of drug-likeness (QED) is 0.112. The Morgan fingerprint density at radius 3 is 2.20 bits per heavy atom. The number of fused-ring (bicyclic) bond motifs is 1. The van der Waals surface area contributed by atoms with Crippen molar-refractivity contribution >= 4 is 29.2 Å². The van der Waals surface area contributed by atoms with Gasteiger partial charge in [0, 0.05) is 11.1 Å². The fraction of sp³-hybridized carbons (Fsp3) is 0.302. The highest BCUT2D eigenvalue weighted by Gasteiger charge is 2.39. The Morgan fingerprint density at radius 1 is 0.882 bits per heavy atom. The first-order valence-electron chi connectivity index (χ1n) is 17.4. The number of para-hydroxylation sites is 2. The van der Waals surface area contributed by atoms with Crippen LogP contribution in [0.2, 0.25) is 0 Å². The summed E-state index contributed by atoms with van der Waals surface area (Å²) in [6.07, 6.45) is 1.00. The molecule has 0 fully saturated rings. The first-order chi connectivity index (χ1) is 24.4. The van der Waals surface area contributed by atoms with Crippen LogP contribution in [0.15, 0.2) is 127 Å². The maximum absolute atomic E-state index is 14.7. The van der Waals surface area contributed by atoms with Gasteiger partial charge in [-0.25, -0.2) is 4.99 Å². The van der Waals surface area contributed by atoms with Crippen LogP contribution >= 0.6 is 0 Å². The molecule has 3 atom stereocenters. The number of benzene rings is 4. The Balaban J connectivity index is 1.54. The number of aliphatic imine (C=N–C) groups is 1. The molecule has 0 saturated carbocycles. The summed E-state index contributed by atoms with van der Waals surface area (Å²) in [6, 6.07) is 34.3. The molecule has 0 spiro atoms. The highest BCUT2D eigenvalue weighted by Crippen LogP contribution is 2.32. The first-order valence-corrected chi connectivity index (χ1v) is 17.4. The molecule has 0 radical (unpaired) electrons. The summed E-state index contributed by atoms with van der Waals surface area (Å²) in [5.41, 5.74) is 2.87. The van der Waals surface area contributed by atoms with Crippen molar-refractivity contribution < 1.29 is 23.9 Å². The van der Waals surface area contributed by atoms with E-state index in [0.29, 0.717) is 29.3 Å². The number of carbonyl (C=O) groups excluding carboxylic acids is 3. The summed E-state index contributed by atoms with van der Waals surface area (Å²) in [7, 11) is 0. The van der Waals surface area contributed by atoms with E-state index in [1.807, 2.05) is 123 Å². The van der Waals surface area contributed by atoms with E-state index in [-0.39, 0.29) is 18.9 Å². The maximum Gasteiger partial charge on any atom is 0.310 e. The van der Waals surface area contributed by atoms with Gasteiger partial charge in [0.1, 0.15) is 17.1 Å². The molecule has 2 amide bonds. The zero-order valence-corrected chi connectivity index (χ0v) is 30.0. The molecule has 51 heavy (non-hydrogen) atoms. The van der Waals surface area contributed by atoms with E-state index >= 15 is 0 Å². The lowest BCUT2D eigenvalue weighted by Crippen LogP contribution is -2.50. The Labute approximate surface area is 301 Å². The van der Waals surface area contributed by atoms with Gasteiger partial charge in [-0.15, -0.1) is 6.58 Å². The van der Waals surface area contributed by atoms with Gasteiger partial charge in [0.2, 0.25) is 12.1 Å². The summed E-state index contributed by atoms with van der Waals surface area (Å²) in [5, 5.41) is 2.98. The fourth-order valence-electron chi connectivity index (χ4n) is 6.21. The molecule has 1 aliphatic heterocycles. The van der Waals surface area contributed by atoms with Gasteiger partial charge in [-0.2, -0.15) is 0 Å². The molecule has 1 unspecified atom stereocenters. The molecular weight excluding hydrogens is 638 g/mol. The Hall–Kier alpha value is -5.50. The van der Waals surface area contributed by atoms with E-state index in [9.17, 15) is 14.4 Å². The lowest BCUT2D eigenvalue weighted by molar-refractivity contribution is -0.164. The fourth-order valence-corrected chi connectivity index (χ4v) is 6.21. The minimum Gasteiger partial charge on any atom is -0.460 e. The maximum atomic E-state index is 14.7. The number of allylic oxidation sites excluding steroid dienone is 1. The number of amides is 2. The molecular formula is C43H47N3O5. The lowest BCUT2D eigenvalue weighted by Gasteiger charge is -2.30. The third-order valence-corrected chi connectivity index (χ3v) is 8.43. The molecule has 8 heteroatoms. The van der Waals surface area contributed by atoms with Crippen LogP contribution in [0.5, 0.6) is 11.5 Å². The highest BCUT2D eigenvalue weighted by molar-refractivity contribution is 6.20. The predicted octanol–water partition coefficient (Wildman–Crippen LogP) is 8.50. The Morgan fingerprint density at radius 2 is 1.53 bits per heavy atom. The molecule has 5 rings (SSSR count). The van der Waals surface area contributed by atoms with Gasteiger partial charge in [0.15, 0.2) is 0 Å². The average molecular weight is 686 g/mol. The van der Waals surface area contributed by atoms with Crippen LogP contribution in [0.1, 0.15) is 64.2 Å². The molecule has 4 aromatic rings. The van der Waals surface area contributed by atoms with Gasteiger partial charge in [0.25, 0.3) is 5.91 Å². The molecule has 1 aliphatic rings. The predicted molar refractivity (Wildman–Crippen MR) is 202 cm³/mol. The number of rotatable bonds is 13. The number of nitrogens with one attached hydrogen (secondary N) is 1. The van der Waals surface area contributed by atoms with E-state index in [1.54, 1.807) is 31.7 Å². The molecule has 1 N–H and O–H groups in total. The van der Waals surface area contributed by atoms with Crippen LogP contribution in [0.3, 0.4) is 0 Å². The zero-order chi connectivity index (χ0) is 36.5. The van der Waals surface area contributed by atoms with Crippen LogP contribution < -0.4 is 15.0 Å². The average Bonchev–Trinajstić information content (AvgIpc) is 3.20. The summed E-state index contributed by atoms with van der Waals surface area (Å²) in [5.74, 6) is -1.49. The standard InChI is InChI=1S/C43H47N3O5/c1-7-17-34(42(49)51-43(4,5)6)36(26-29(2)3)40(47)45-39-41(48)46(28-30-18-16-23-33(27-30)50-32-21-12-9-13-22-32)37-25-15-14-24-35(37)38(44-39)31-19-10-8-11-20-31/h7-16,18-25,27,29,34,36,39H,1,17,26,28H2,2-6H3,(H,45,47)/t34-,36+,39?/m0/s1. The van der Waals surface area contributed by atoms with Crippen molar-refractivity contribution in [2.45, 2.75) is 65.8 Å². The number of carbonyl (C=O) groups is 3. The van der Waals surface area contributed by atoms with Crippen molar-refractivity contribution in [1.29, 1.82) is 0 Å².